The summed E-state index contributed by atoms with van der Waals surface area (Å²) in [6.45, 7) is 0. The van der Waals surface area contributed by atoms with Crippen LogP contribution in [-0.2, 0) is 4.79 Å². The summed E-state index contributed by atoms with van der Waals surface area (Å²) < 4.78 is 13.1. The summed E-state index contributed by atoms with van der Waals surface area (Å²) >= 11 is 1.61. The molecule has 1 aliphatic heterocycles. The van der Waals surface area contributed by atoms with Gasteiger partial charge in [0.05, 0.1) is 11.7 Å². The third kappa shape index (κ3) is 3.32. The summed E-state index contributed by atoms with van der Waals surface area (Å²) in [5.41, 5.74) is 2.73. The van der Waals surface area contributed by atoms with Crippen LogP contribution in [0.25, 0.3) is 10.9 Å². The Labute approximate surface area is 155 Å². The fraction of sp³-hybridized carbons (Fsp3) is 0.211. The second-order valence-electron chi connectivity index (χ2n) is 6.26. The fourth-order valence-corrected chi connectivity index (χ4v) is 4.02. The van der Waals surface area contributed by atoms with Crippen molar-refractivity contribution in [3.8, 4) is 0 Å². The first-order chi connectivity index (χ1) is 12.6. The van der Waals surface area contributed by atoms with E-state index in [9.17, 15) is 9.18 Å². The number of H-pyrrole nitrogens is 1. The van der Waals surface area contributed by atoms with E-state index >= 15 is 0 Å². The Bertz CT molecular complexity index is 927. The standard InChI is InChI=1S/C19H18FN4OS/c1-24(15-6-7-16-13(8-15)9-21-23-16)19(25)18-11-26-10-17(22-18)12-2-4-14(20)5-3-12/h2-9,11,17-18,22H,10H2,1H3,(H,21,23)/t17?,18-/m0/s1. The number of aromatic amines is 1. The molecule has 2 heterocycles. The highest BCUT2D eigenvalue weighted by molar-refractivity contribution is 8.01. The van der Waals surface area contributed by atoms with E-state index in [1.165, 1.54) is 12.1 Å². The van der Waals surface area contributed by atoms with Crippen molar-refractivity contribution < 1.29 is 9.18 Å². The Balaban J connectivity index is 1.50. The first kappa shape index (κ1) is 17.1. The minimum atomic E-state index is -0.408. The summed E-state index contributed by atoms with van der Waals surface area (Å²) in [7, 11) is 1.77. The maximum absolute atomic E-state index is 13.1. The SMILES string of the molecule is CN(C(=O)[C@@H]1[CH]SCC(c2ccc(F)cc2)N1)c1ccc2[nH]ncc2c1. The molecule has 2 atom stereocenters. The second-order valence-corrected chi connectivity index (χ2v) is 7.20. The van der Waals surface area contributed by atoms with Crippen LogP contribution in [0.5, 0.6) is 0 Å². The van der Waals surface area contributed by atoms with Crippen LogP contribution in [-0.4, -0.2) is 34.9 Å². The van der Waals surface area contributed by atoms with Gasteiger partial charge in [-0.25, -0.2) is 4.39 Å². The van der Waals surface area contributed by atoms with Crippen LogP contribution in [0.2, 0.25) is 0 Å². The molecule has 1 amide bonds. The van der Waals surface area contributed by atoms with Gasteiger partial charge in [0.2, 0.25) is 5.91 Å². The molecule has 5 nitrogen and oxygen atoms in total. The summed E-state index contributed by atoms with van der Waals surface area (Å²) in [6, 6.07) is 11.8. The van der Waals surface area contributed by atoms with Crippen molar-refractivity contribution in [3.05, 3.63) is 65.8 Å². The predicted molar refractivity (Wildman–Crippen MR) is 102 cm³/mol. The van der Waals surface area contributed by atoms with Gasteiger partial charge in [0.1, 0.15) is 11.9 Å². The lowest BCUT2D eigenvalue weighted by atomic mass is 10.1. The lowest BCUT2D eigenvalue weighted by Gasteiger charge is -2.32. The number of rotatable bonds is 3. The second kappa shape index (κ2) is 7.09. The average molecular weight is 369 g/mol. The molecule has 4 rings (SSSR count). The normalized spacial score (nSPS) is 20.2. The number of halogens is 1. The van der Waals surface area contributed by atoms with E-state index in [0.29, 0.717) is 0 Å². The highest BCUT2D eigenvalue weighted by Crippen LogP contribution is 2.29. The van der Waals surface area contributed by atoms with Crippen molar-refractivity contribution in [1.82, 2.24) is 15.5 Å². The zero-order valence-corrected chi connectivity index (χ0v) is 15.0. The number of carbonyl (C=O) groups is 1. The molecule has 3 aromatic rings. The zero-order valence-electron chi connectivity index (χ0n) is 14.1. The van der Waals surface area contributed by atoms with E-state index in [1.54, 1.807) is 42.0 Å². The first-order valence-electron chi connectivity index (χ1n) is 8.29. The topological polar surface area (TPSA) is 61.0 Å². The average Bonchev–Trinajstić information content (AvgIpc) is 3.15. The van der Waals surface area contributed by atoms with Gasteiger partial charge >= 0.3 is 0 Å². The Morgan fingerprint density at radius 1 is 1.27 bits per heavy atom. The number of hydrogen-bond donors (Lipinski definition) is 2. The molecule has 2 N–H and O–H groups in total. The molecule has 133 valence electrons. The van der Waals surface area contributed by atoms with Crippen LogP contribution >= 0.6 is 11.8 Å². The molecule has 0 spiro atoms. The first-order valence-corrected chi connectivity index (χ1v) is 9.34. The molecular weight excluding hydrogens is 351 g/mol. The summed E-state index contributed by atoms with van der Waals surface area (Å²) in [5, 5.41) is 11.2. The highest BCUT2D eigenvalue weighted by Gasteiger charge is 2.30. The van der Waals surface area contributed by atoms with Gasteiger partial charge in [-0.3, -0.25) is 15.2 Å². The van der Waals surface area contributed by atoms with Gasteiger partial charge in [-0.05, 0) is 35.9 Å². The zero-order chi connectivity index (χ0) is 18.1. The molecule has 7 heteroatoms. The van der Waals surface area contributed by atoms with E-state index < -0.39 is 6.04 Å². The number of fused-ring (bicyclic) bond motifs is 1. The molecule has 2 aromatic carbocycles. The quantitative estimate of drug-likeness (QED) is 0.744. The molecular formula is C19H18FN4OS. The van der Waals surface area contributed by atoms with Gasteiger partial charge < -0.3 is 4.90 Å². The molecule has 1 fully saturated rings. The van der Waals surface area contributed by atoms with Crippen molar-refractivity contribution in [1.29, 1.82) is 0 Å². The van der Waals surface area contributed by atoms with Gasteiger partial charge in [-0.1, -0.05) is 12.1 Å². The number of hydrogen-bond acceptors (Lipinski definition) is 4. The van der Waals surface area contributed by atoms with E-state index in [0.717, 1.165) is 27.9 Å². The summed E-state index contributed by atoms with van der Waals surface area (Å²) in [4.78, 5) is 14.6. The van der Waals surface area contributed by atoms with Crippen LogP contribution in [0, 0.1) is 11.6 Å². The monoisotopic (exact) mass is 369 g/mol. The Morgan fingerprint density at radius 2 is 2.08 bits per heavy atom. The van der Waals surface area contributed by atoms with Gasteiger partial charge in [-0.2, -0.15) is 16.9 Å². The van der Waals surface area contributed by atoms with E-state index in [1.807, 2.05) is 24.0 Å². The lowest BCUT2D eigenvalue weighted by molar-refractivity contribution is -0.119. The van der Waals surface area contributed by atoms with Crippen molar-refractivity contribution in [3.63, 3.8) is 0 Å². The summed E-state index contributed by atoms with van der Waals surface area (Å²) in [6.07, 6.45) is 1.74. The van der Waals surface area contributed by atoms with Gasteiger partial charge in [-0.15, -0.1) is 0 Å². The number of amides is 1. The van der Waals surface area contributed by atoms with Crippen LogP contribution in [0.1, 0.15) is 11.6 Å². The number of anilines is 1. The third-order valence-electron chi connectivity index (χ3n) is 4.56. The number of thioether (sulfide) groups is 1. The minimum Gasteiger partial charge on any atom is -0.314 e. The number of nitrogens with one attached hydrogen (secondary N) is 2. The van der Waals surface area contributed by atoms with Gasteiger partial charge in [0.25, 0.3) is 0 Å². The molecule has 1 unspecified atom stereocenters. The number of nitrogens with zero attached hydrogens (tertiary/aromatic N) is 2. The van der Waals surface area contributed by atoms with Crippen LogP contribution in [0.4, 0.5) is 10.1 Å². The molecule has 1 aliphatic rings. The fourth-order valence-electron chi connectivity index (χ4n) is 3.04. The summed E-state index contributed by atoms with van der Waals surface area (Å²) in [5.74, 6) is 2.44. The smallest absolute Gasteiger partial charge is 0.245 e. The van der Waals surface area contributed by atoms with Gasteiger partial charge in [0.15, 0.2) is 0 Å². The largest absolute Gasteiger partial charge is 0.314 e. The molecule has 1 saturated heterocycles. The van der Waals surface area contributed by atoms with E-state index in [4.69, 9.17) is 0 Å². The molecule has 1 radical (unpaired) electrons. The van der Waals surface area contributed by atoms with E-state index in [-0.39, 0.29) is 17.8 Å². The maximum atomic E-state index is 13.1. The van der Waals surface area contributed by atoms with Crippen molar-refractivity contribution >= 4 is 34.3 Å². The van der Waals surface area contributed by atoms with E-state index in [2.05, 4.69) is 15.5 Å². The maximum Gasteiger partial charge on any atom is 0.245 e. The number of carbonyl (C=O) groups excluding carboxylic acids is 1. The van der Waals surface area contributed by atoms with Crippen LogP contribution in [0.3, 0.4) is 0 Å². The van der Waals surface area contributed by atoms with Crippen molar-refractivity contribution in [2.75, 3.05) is 17.7 Å². The van der Waals surface area contributed by atoms with Crippen molar-refractivity contribution in [2.24, 2.45) is 0 Å². The van der Waals surface area contributed by atoms with Crippen molar-refractivity contribution in [2.45, 2.75) is 12.1 Å². The lowest BCUT2D eigenvalue weighted by Crippen LogP contribution is -2.49. The number of benzene rings is 2. The number of likely N-dealkylation sites (N-methyl/N-ethyl adjacent to an activating group) is 1. The Kier molecular flexibility index (Phi) is 4.65. The molecule has 0 bridgehead atoms. The Hall–Kier alpha value is -2.38. The predicted octanol–water partition coefficient (Wildman–Crippen LogP) is 3.27. The van der Waals surface area contributed by atoms with Crippen LogP contribution in [0.15, 0.2) is 48.7 Å². The molecule has 0 saturated carbocycles. The third-order valence-corrected chi connectivity index (χ3v) is 5.55. The molecule has 1 aromatic heterocycles. The minimum absolute atomic E-state index is 0.00399. The Morgan fingerprint density at radius 3 is 2.88 bits per heavy atom. The molecule has 0 aliphatic carbocycles. The highest BCUT2D eigenvalue weighted by atomic mass is 32.2. The van der Waals surface area contributed by atoms with Gasteiger partial charge in [0, 0.05) is 35.7 Å². The molecule has 26 heavy (non-hydrogen) atoms. The van der Waals surface area contributed by atoms with Crippen LogP contribution < -0.4 is 10.2 Å². The number of aromatic nitrogens is 2.